The van der Waals surface area contributed by atoms with Crippen LogP contribution in [-0.2, 0) is 9.59 Å². The predicted molar refractivity (Wildman–Crippen MR) is 115 cm³/mol. The van der Waals surface area contributed by atoms with E-state index >= 15 is 0 Å². The third-order valence-corrected chi connectivity index (χ3v) is 4.94. The molecule has 1 fully saturated rings. The standard InChI is InChI=1S/C22H27N3O2.CH2O2/c1-18(19-9-4-2-5-10-19)23-21(26)17-24-13-8-14-25(16-15-24)22(27)20-11-6-3-7-12-20;2-1-3/h2-7,9-12,18H,8,13-17H2,1H3,(H,23,26);1H,(H,2,3). The molecule has 30 heavy (non-hydrogen) atoms. The molecule has 7 heteroatoms. The lowest BCUT2D eigenvalue weighted by Crippen LogP contribution is -2.40. The Morgan fingerprint density at radius 2 is 1.60 bits per heavy atom. The number of rotatable bonds is 5. The first-order valence-electron chi connectivity index (χ1n) is 10.0. The van der Waals surface area contributed by atoms with E-state index in [0.29, 0.717) is 19.6 Å². The molecule has 0 spiro atoms. The van der Waals surface area contributed by atoms with Gasteiger partial charge in [0.05, 0.1) is 12.6 Å². The van der Waals surface area contributed by atoms with Crippen LogP contribution in [-0.4, -0.2) is 65.9 Å². The molecule has 2 aromatic carbocycles. The van der Waals surface area contributed by atoms with Gasteiger partial charge in [-0.05, 0) is 31.0 Å². The fourth-order valence-electron chi connectivity index (χ4n) is 3.41. The van der Waals surface area contributed by atoms with Crippen molar-refractivity contribution in [3.05, 3.63) is 71.8 Å². The van der Waals surface area contributed by atoms with E-state index in [4.69, 9.17) is 9.90 Å². The van der Waals surface area contributed by atoms with Crippen LogP contribution in [0.4, 0.5) is 0 Å². The molecule has 2 amide bonds. The number of nitrogens with zero attached hydrogens (tertiary/aromatic N) is 2. The Morgan fingerprint density at radius 1 is 1.00 bits per heavy atom. The molecule has 2 aromatic rings. The third-order valence-electron chi connectivity index (χ3n) is 4.94. The van der Waals surface area contributed by atoms with Crippen molar-refractivity contribution >= 4 is 18.3 Å². The second-order valence-electron chi connectivity index (χ2n) is 7.09. The molecule has 0 aromatic heterocycles. The number of nitrogens with one attached hydrogen (secondary N) is 1. The van der Waals surface area contributed by atoms with Crippen LogP contribution in [0.5, 0.6) is 0 Å². The first-order valence-corrected chi connectivity index (χ1v) is 10.0. The number of carbonyl (C=O) groups is 3. The SMILES string of the molecule is CC(NC(=O)CN1CCCN(C(=O)c2ccccc2)CC1)c1ccccc1.O=CO. The third kappa shape index (κ3) is 7.33. The van der Waals surface area contributed by atoms with Crippen molar-refractivity contribution in [3.63, 3.8) is 0 Å². The van der Waals surface area contributed by atoms with Gasteiger partial charge in [0.2, 0.25) is 5.91 Å². The van der Waals surface area contributed by atoms with Crippen LogP contribution >= 0.6 is 0 Å². The lowest BCUT2D eigenvalue weighted by Gasteiger charge is -2.22. The molecular formula is C23H29N3O4. The monoisotopic (exact) mass is 411 g/mol. The summed E-state index contributed by atoms with van der Waals surface area (Å²) in [7, 11) is 0. The van der Waals surface area contributed by atoms with Gasteiger partial charge < -0.3 is 15.3 Å². The van der Waals surface area contributed by atoms with Gasteiger partial charge in [0.1, 0.15) is 0 Å². The van der Waals surface area contributed by atoms with Crippen LogP contribution in [0.3, 0.4) is 0 Å². The lowest BCUT2D eigenvalue weighted by atomic mass is 10.1. The molecule has 1 aliphatic heterocycles. The van der Waals surface area contributed by atoms with Gasteiger partial charge in [-0.3, -0.25) is 19.3 Å². The van der Waals surface area contributed by atoms with Crippen molar-refractivity contribution in [1.29, 1.82) is 0 Å². The van der Waals surface area contributed by atoms with Crippen LogP contribution in [0.2, 0.25) is 0 Å². The second-order valence-corrected chi connectivity index (χ2v) is 7.09. The molecule has 1 heterocycles. The van der Waals surface area contributed by atoms with Gasteiger partial charge in [-0.25, -0.2) is 0 Å². The largest absolute Gasteiger partial charge is 0.483 e. The Morgan fingerprint density at radius 3 is 2.23 bits per heavy atom. The minimum atomic E-state index is -0.250. The number of carboxylic acid groups (broad SMARTS) is 1. The maximum absolute atomic E-state index is 12.6. The summed E-state index contributed by atoms with van der Waals surface area (Å²) in [6, 6.07) is 19.3. The summed E-state index contributed by atoms with van der Waals surface area (Å²) in [6.07, 6.45) is 0.875. The maximum atomic E-state index is 12.6. The smallest absolute Gasteiger partial charge is 0.290 e. The van der Waals surface area contributed by atoms with Crippen LogP contribution in [0, 0.1) is 0 Å². The van der Waals surface area contributed by atoms with Crippen LogP contribution in [0.1, 0.15) is 35.3 Å². The second kappa shape index (κ2) is 12.4. The Bertz CT molecular complexity index is 799. The minimum absolute atomic E-state index is 0.0122. The molecule has 1 aliphatic rings. The molecule has 0 aliphatic carbocycles. The van der Waals surface area contributed by atoms with Crippen molar-refractivity contribution < 1.29 is 19.5 Å². The van der Waals surface area contributed by atoms with Gasteiger partial charge in [-0.2, -0.15) is 0 Å². The number of hydrogen-bond donors (Lipinski definition) is 2. The van der Waals surface area contributed by atoms with E-state index in [1.54, 1.807) is 0 Å². The topological polar surface area (TPSA) is 90.0 Å². The quantitative estimate of drug-likeness (QED) is 0.738. The van der Waals surface area contributed by atoms with Gasteiger partial charge in [0.25, 0.3) is 12.4 Å². The molecule has 0 bridgehead atoms. The zero-order valence-corrected chi connectivity index (χ0v) is 17.2. The zero-order chi connectivity index (χ0) is 21.8. The first-order chi connectivity index (χ1) is 14.5. The van der Waals surface area contributed by atoms with Crippen molar-refractivity contribution in [2.75, 3.05) is 32.7 Å². The Hall–Kier alpha value is -3.19. The molecule has 160 valence electrons. The Labute approximate surface area is 177 Å². The Balaban J connectivity index is 0.00000101. The fraction of sp³-hybridized carbons (Fsp3) is 0.348. The summed E-state index contributed by atoms with van der Waals surface area (Å²) >= 11 is 0. The molecule has 2 N–H and O–H groups in total. The van der Waals surface area contributed by atoms with Crippen molar-refractivity contribution in [1.82, 2.24) is 15.1 Å². The van der Waals surface area contributed by atoms with E-state index in [1.165, 1.54) is 0 Å². The number of amides is 2. The summed E-state index contributed by atoms with van der Waals surface area (Å²) in [5, 5.41) is 9.95. The fourth-order valence-corrected chi connectivity index (χ4v) is 3.41. The van der Waals surface area contributed by atoms with E-state index < -0.39 is 0 Å². The Kier molecular flexibility index (Phi) is 9.54. The highest BCUT2D eigenvalue weighted by molar-refractivity contribution is 5.94. The molecular weight excluding hydrogens is 382 g/mol. The summed E-state index contributed by atoms with van der Waals surface area (Å²) in [6.45, 7) is 5.03. The summed E-state index contributed by atoms with van der Waals surface area (Å²) < 4.78 is 0. The normalized spacial score (nSPS) is 15.2. The van der Waals surface area contributed by atoms with Crippen molar-refractivity contribution in [2.45, 2.75) is 19.4 Å². The van der Waals surface area contributed by atoms with E-state index in [9.17, 15) is 9.59 Å². The molecule has 0 saturated carbocycles. The molecule has 3 rings (SSSR count). The highest BCUT2D eigenvalue weighted by Crippen LogP contribution is 2.12. The van der Waals surface area contributed by atoms with E-state index in [-0.39, 0.29) is 24.3 Å². The van der Waals surface area contributed by atoms with Crippen LogP contribution in [0.25, 0.3) is 0 Å². The van der Waals surface area contributed by atoms with Crippen molar-refractivity contribution in [2.24, 2.45) is 0 Å². The van der Waals surface area contributed by atoms with Gasteiger partial charge in [0, 0.05) is 31.7 Å². The van der Waals surface area contributed by atoms with Gasteiger partial charge >= 0.3 is 0 Å². The number of benzene rings is 2. The number of carbonyl (C=O) groups excluding carboxylic acids is 2. The molecule has 7 nitrogen and oxygen atoms in total. The number of hydrogen-bond acceptors (Lipinski definition) is 4. The highest BCUT2D eigenvalue weighted by Gasteiger charge is 2.21. The van der Waals surface area contributed by atoms with E-state index in [2.05, 4.69) is 10.2 Å². The van der Waals surface area contributed by atoms with Crippen LogP contribution in [0.15, 0.2) is 60.7 Å². The minimum Gasteiger partial charge on any atom is -0.483 e. The summed E-state index contributed by atoms with van der Waals surface area (Å²) in [4.78, 5) is 37.4. The molecule has 0 radical (unpaired) electrons. The molecule has 1 unspecified atom stereocenters. The molecule has 1 saturated heterocycles. The maximum Gasteiger partial charge on any atom is 0.290 e. The zero-order valence-electron chi connectivity index (χ0n) is 17.2. The predicted octanol–water partition coefficient (Wildman–Crippen LogP) is 2.41. The summed E-state index contributed by atoms with van der Waals surface area (Å²) in [5.41, 5.74) is 1.82. The molecule has 1 atom stereocenters. The first kappa shape index (κ1) is 23.1. The van der Waals surface area contributed by atoms with Crippen molar-refractivity contribution in [3.8, 4) is 0 Å². The van der Waals surface area contributed by atoms with Gasteiger partial charge in [-0.15, -0.1) is 0 Å². The lowest BCUT2D eigenvalue weighted by molar-refractivity contribution is -0.123. The van der Waals surface area contributed by atoms with E-state index in [1.807, 2.05) is 72.5 Å². The summed E-state index contributed by atoms with van der Waals surface area (Å²) in [5.74, 6) is 0.0915. The average Bonchev–Trinajstić information content (AvgIpc) is 3.00. The van der Waals surface area contributed by atoms with E-state index in [0.717, 1.165) is 30.6 Å². The van der Waals surface area contributed by atoms with Crippen LogP contribution < -0.4 is 5.32 Å². The highest BCUT2D eigenvalue weighted by atomic mass is 16.3. The van der Waals surface area contributed by atoms with Gasteiger partial charge in [-0.1, -0.05) is 48.5 Å². The average molecular weight is 412 g/mol. The van der Waals surface area contributed by atoms with Gasteiger partial charge in [0.15, 0.2) is 0 Å².